The highest BCUT2D eigenvalue weighted by atomic mass is 19.1. The van der Waals surface area contributed by atoms with Crippen LogP contribution in [0.4, 0.5) is 13.2 Å². The van der Waals surface area contributed by atoms with Gasteiger partial charge in [-0.2, -0.15) is 0 Å². The Labute approximate surface area is 172 Å². The molecule has 3 heteroatoms. The highest BCUT2D eigenvalue weighted by Crippen LogP contribution is 2.35. The minimum atomic E-state index is -1.33. The molecule has 1 fully saturated rings. The molecule has 2 aromatic rings. The van der Waals surface area contributed by atoms with E-state index in [2.05, 4.69) is 6.92 Å². The fourth-order valence-corrected chi connectivity index (χ4v) is 4.29. The molecule has 3 rings (SSSR count). The van der Waals surface area contributed by atoms with E-state index in [1.807, 2.05) is 0 Å². The number of aryl methyl sites for hydroxylation is 1. The third-order valence-electron chi connectivity index (χ3n) is 5.97. The van der Waals surface area contributed by atoms with Gasteiger partial charge < -0.3 is 0 Å². The second-order valence-electron chi connectivity index (χ2n) is 8.04. The Kier molecular flexibility index (Phi) is 5.82. The molecule has 0 spiro atoms. The minimum Gasteiger partial charge on any atom is -0.207 e. The molecule has 0 aliphatic heterocycles. The zero-order chi connectivity index (χ0) is 23.4. The van der Waals surface area contributed by atoms with Gasteiger partial charge in [-0.25, -0.2) is 13.2 Å². The normalized spacial score (nSPS) is 21.7. The number of unbranched alkanes of at least 4 members (excludes halogenated alkanes) is 2. The van der Waals surface area contributed by atoms with Crippen LogP contribution in [0.5, 0.6) is 0 Å². The molecule has 0 bridgehead atoms. The molecule has 0 N–H and O–H groups in total. The third-order valence-corrected chi connectivity index (χ3v) is 5.97. The molecule has 0 unspecified atom stereocenters. The Bertz CT molecular complexity index is 901. The smallest absolute Gasteiger partial charge is 0.134 e. The molecule has 0 amide bonds. The maximum atomic E-state index is 14.9. The summed E-state index contributed by atoms with van der Waals surface area (Å²) < 4.78 is 74.4. The van der Waals surface area contributed by atoms with Crippen molar-refractivity contribution in [2.75, 3.05) is 0 Å². The Morgan fingerprint density at radius 3 is 2.00 bits per heavy atom. The van der Waals surface area contributed by atoms with Crippen molar-refractivity contribution in [1.29, 1.82) is 0 Å². The van der Waals surface area contributed by atoms with E-state index in [1.165, 1.54) is 50.7 Å². The van der Waals surface area contributed by atoms with Gasteiger partial charge in [0.25, 0.3) is 0 Å². The second kappa shape index (κ2) is 10.1. The molecular formula is C25H31F3. The van der Waals surface area contributed by atoms with E-state index in [9.17, 15) is 13.2 Å². The Balaban J connectivity index is 1.69. The number of hydrogen-bond acceptors (Lipinski definition) is 0. The zero-order valence-corrected chi connectivity index (χ0v) is 16.5. The SMILES string of the molecule is [2H]c1c([2H])c(-c2c(F)cc(CCC3CCC(CCCCC)CC3)cc2F)c([2H])c([2H])c1F. The maximum Gasteiger partial charge on any atom is 0.134 e. The number of halogens is 3. The summed E-state index contributed by atoms with van der Waals surface area (Å²) in [7, 11) is 0. The molecule has 152 valence electrons. The molecule has 1 aliphatic rings. The lowest BCUT2D eigenvalue weighted by atomic mass is 9.77. The third kappa shape index (κ3) is 5.62. The molecule has 28 heavy (non-hydrogen) atoms. The minimum absolute atomic E-state index is 0.506. The standard InChI is InChI=1S/C25H31F3/c1-2-3-4-5-18-6-8-19(9-7-18)10-11-20-16-23(27)25(24(28)17-20)21-12-14-22(26)15-13-21/h12-19H,2-11H2,1H3/i12D,13D,14D,15D. The number of hydrogen-bond donors (Lipinski definition) is 0. The van der Waals surface area contributed by atoms with Crippen LogP contribution in [0.3, 0.4) is 0 Å². The van der Waals surface area contributed by atoms with Crippen LogP contribution < -0.4 is 0 Å². The molecule has 0 atom stereocenters. The van der Waals surface area contributed by atoms with Crippen molar-refractivity contribution in [3.63, 3.8) is 0 Å². The molecule has 1 saturated carbocycles. The van der Waals surface area contributed by atoms with E-state index >= 15 is 0 Å². The molecule has 0 nitrogen and oxygen atoms in total. The van der Waals surface area contributed by atoms with E-state index in [-0.39, 0.29) is 0 Å². The van der Waals surface area contributed by atoms with Gasteiger partial charge in [-0.15, -0.1) is 0 Å². The number of benzene rings is 2. The van der Waals surface area contributed by atoms with Crippen LogP contribution in [0.25, 0.3) is 11.1 Å². The van der Waals surface area contributed by atoms with Crippen molar-refractivity contribution in [2.24, 2.45) is 11.8 Å². The molecule has 0 heterocycles. The van der Waals surface area contributed by atoms with Gasteiger partial charge in [-0.1, -0.05) is 70.4 Å². The molecule has 1 aliphatic carbocycles. The Hall–Kier alpha value is -1.77. The summed E-state index contributed by atoms with van der Waals surface area (Å²) >= 11 is 0. The predicted octanol–water partition coefficient (Wildman–Crippen LogP) is 8.09. The van der Waals surface area contributed by atoms with Crippen molar-refractivity contribution < 1.29 is 18.7 Å². The van der Waals surface area contributed by atoms with Crippen molar-refractivity contribution in [2.45, 2.75) is 71.1 Å². The fourth-order valence-electron chi connectivity index (χ4n) is 4.29. The summed E-state index contributed by atoms with van der Waals surface area (Å²) in [6, 6.07) is -1.05. The lowest BCUT2D eigenvalue weighted by molar-refractivity contribution is 0.249. The monoisotopic (exact) mass is 392 g/mol. The van der Waals surface area contributed by atoms with E-state index in [4.69, 9.17) is 5.48 Å². The van der Waals surface area contributed by atoms with Gasteiger partial charge in [0, 0.05) is 0 Å². The van der Waals surface area contributed by atoms with Gasteiger partial charge in [0.15, 0.2) is 0 Å². The van der Waals surface area contributed by atoms with Crippen molar-refractivity contribution in [1.82, 2.24) is 0 Å². The van der Waals surface area contributed by atoms with Crippen LogP contribution in [0.15, 0.2) is 36.3 Å². The highest BCUT2D eigenvalue weighted by molar-refractivity contribution is 5.65. The first-order valence-electron chi connectivity index (χ1n) is 12.5. The summed E-state index contributed by atoms with van der Waals surface area (Å²) in [4.78, 5) is 0. The highest BCUT2D eigenvalue weighted by Gasteiger charge is 2.21. The maximum absolute atomic E-state index is 14.9. The van der Waals surface area contributed by atoms with Crippen LogP contribution in [-0.2, 0) is 6.42 Å². The van der Waals surface area contributed by atoms with E-state index in [0.29, 0.717) is 17.9 Å². The Morgan fingerprint density at radius 2 is 1.43 bits per heavy atom. The summed E-state index contributed by atoms with van der Waals surface area (Å²) in [5.74, 6) is -1.87. The van der Waals surface area contributed by atoms with Gasteiger partial charge in [0.1, 0.15) is 17.5 Å². The lowest BCUT2D eigenvalue weighted by Gasteiger charge is -2.28. The average molecular weight is 393 g/mol. The van der Waals surface area contributed by atoms with Gasteiger partial charge >= 0.3 is 0 Å². The number of rotatable bonds is 8. The van der Waals surface area contributed by atoms with E-state index in [0.717, 1.165) is 25.2 Å². The molecule has 0 aromatic heterocycles. The predicted molar refractivity (Wildman–Crippen MR) is 110 cm³/mol. The molecule has 2 aromatic carbocycles. The largest absolute Gasteiger partial charge is 0.207 e. The van der Waals surface area contributed by atoms with E-state index < -0.39 is 52.7 Å². The van der Waals surface area contributed by atoms with Gasteiger partial charge in [0.05, 0.1) is 11.0 Å². The van der Waals surface area contributed by atoms with Crippen molar-refractivity contribution >= 4 is 0 Å². The summed E-state index contributed by atoms with van der Waals surface area (Å²) in [6.07, 6.45) is 11.3. The summed E-state index contributed by atoms with van der Waals surface area (Å²) in [6.45, 7) is 2.21. The average Bonchev–Trinajstić information content (AvgIpc) is 2.78. The van der Waals surface area contributed by atoms with Crippen LogP contribution in [-0.4, -0.2) is 0 Å². The van der Waals surface area contributed by atoms with Crippen LogP contribution in [0.2, 0.25) is 0 Å². The van der Waals surface area contributed by atoms with Gasteiger partial charge in [-0.05, 0) is 60.0 Å². The topological polar surface area (TPSA) is 0 Å². The molecular weight excluding hydrogens is 357 g/mol. The van der Waals surface area contributed by atoms with E-state index in [1.54, 1.807) is 0 Å². The lowest BCUT2D eigenvalue weighted by Crippen LogP contribution is -2.15. The van der Waals surface area contributed by atoms with Gasteiger partial charge in [-0.3, -0.25) is 0 Å². The van der Waals surface area contributed by atoms with Gasteiger partial charge in [0.2, 0.25) is 0 Å². The Morgan fingerprint density at radius 1 is 0.857 bits per heavy atom. The van der Waals surface area contributed by atoms with Crippen LogP contribution in [0.1, 0.15) is 75.8 Å². The van der Waals surface area contributed by atoms with Crippen LogP contribution >= 0.6 is 0 Å². The quantitative estimate of drug-likeness (QED) is 0.398. The van der Waals surface area contributed by atoms with Crippen molar-refractivity contribution in [3.8, 4) is 11.1 Å². The first-order valence-corrected chi connectivity index (χ1v) is 10.5. The van der Waals surface area contributed by atoms with Crippen molar-refractivity contribution in [3.05, 3.63) is 59.3 Å². The molecule has 0 radical (unpaired) electrons. The zero-order valence-electron chi connectivity index (χ0n) is 20.5. The fraction of sp³-hybridized carbons (Fsp3) is 0.520. The second-order valence-corrected chi connectivity index (χ2v) is 8.04. The molecule has 0 saturated heterocycles. The summed E-state index contributed by atoms with van der Waals surface area (Å²) in [5.41, 5.74) is -0.686. The van der Waals surface area contributed by atoms with Crippen LogP contribution in [0, 0.1) is 29.3 Å². The first kappa shape index (κ1) is 16.1. The summed E-state index contributed by atoms with van der Waals surface area (Å²) in [5, 5.41) is 0. The first-order chi connectivity index (χ1) is 15.2.